The smallest absolute Gasteiger partial charge is 0.123 e. The minimum atomic E-state index is -1.73. The first kappa shape index (κ1) is 16.2. The second-order valence-electron chi connectivity index (χ2n) is 6.55. The number of carbonyl (C=O) groups is 1. The van der Waals surface area contributed by atoms with Crippen LogP contribution in [0.2, 0.25) is 18.6 Å². The highest BCUT2D eigenvalue weighted by atomic mass is 28.3. The number of rotatable bonds is 5. The van der Waals surface area contributed by atoms with Crippen LogP contribution in [0.1, 0.15) is 19.8 Å². The van der Waals surface area contributed by atoms with Gasteiger partial charge in [0.05, 0.1) is 21.3 Å². The van der Waals surface area contributed by atoms with Crippen LogP contribution in [0.4, 0.5) is 0 Å². The third-order valence-electron chi connectivity index (χ3n) is 4.68. The van der Waals surface area contributed by atoms with E-state index in [-0.39, 0.29) is 5.92 Å². The average Bonchev–Trinajstić information content (AvgIpc) is 2.53. The fourth-order valence-corrected chi connectivity index (χ4v) is 6.70. The maximum atomic E-state index is 11.4. The maximum absolute atomic E-state index is 11.4. The largest absolute Gasteiger partial charge is 0.381 e. The molecule has 0 aliphatic carbocycles. The zero-order chi connectivity index (χ0) is 15.3. The number of ether oxygens (including phenoxy) is 1. The summed E-state index contributed by atoms with van der Waals surface area (Å²) in [6.07, 6.45) is 5.56. The van der Waals surface area contributed by atoms with Crippen LogP contribution in [0, 0.1) is 5.92 Å². The van der Waals surface area contributed by atoms with Gasteiger partial charge in [-0.05, 0) is 18.4 Å². The fraction of sp³-hybridized carbons (Fsp3) is 0.500. The van der Waals surface area contributed by atoms with Gasteiger partial charge in [-0.2, -0.15) is 0 Å². The molecule has 0 bridgehead atoms. The zero-order valence-corrected chi connectivity index (χ0v) is 14.3. The lowest BCUT2D eigenvalue weighted by molar-refractivity contribution is -0.110. The number of aldehydes is 1. The molecule has 0 aromatic heterocycles. The molecule has 1 aliphatic rings. The highest BCUT2D eigenvalue weighted by molar-refractivity contribution is 6.91. The van der Waals surface area contributed by atoms with Crippen molar-refractivity contribution < 1.29 is 9.53 Å². The summed E-state index contributed by atoms with van der Waals surface area (Å²) < 4.78 is 5.44. The second kappa shape index (κ2) is 7.19. The Morgan fingerprint density at radius 3 is 2.33 bits per heavy atom. The molecule has 3 heteroatoms. The molecule has 1 heterocycles. The number of hydrogen-bond acceptors (Lipinski definition) is 2. The second-order valence-corrected chi connectivity index (χ2v) is 11.2. The van der Waals surface area contributed by atoms with E-state index in [1.165, 1.54) is 10.8 Å². The van der Waals surface area contributed by atoms with Crippen LogP contribution in [-0.4, -0.2) is 27.6 Å². The Morgan fingerprint density at radius 1 is 1.14 bits per heavy atom. The van der Waals surface area contributed by atoms with E-state index in [0.29, 0.717) is 5.54 Å². The van der Waals surface area contributed by atoms with Crippen molar-refractivity contribution in [2.45, 2.75) is 38.4 Å². The van der Waals surface area contributed by atoms with Crippen molar-refractivity contribution in [3.8, 4) is 0 Å². The molecule has 0 saturated carbocycles. The normalized spacial score (nSPS) is 18.9. The monoisotopic (exact) mass is 302 g/mol. The van der Waals surface area contributed by atoms with Crippen molar-refractivity contribution in [1.29, 1.82) is 0 Å². The van der Waals surface area contributed by atoms with Gasteiger partial charge in [0.25, 0.3) is 0 Å². The summed E-state index contributed by atoms with van der Waals surface area (Å²) in [6.45, 7) is 8.46. The topological polar surface area (TPSA) is 26.3 Å². The van der Waals surface area contributed by atoms with E-state index >= 15 is 0 Å². The van der Waals surface area contributed by atoms with E-state index in [0.717, 1.165) is 32.3 Å². The van der Waals surface area contributed by atoms with E-state index in [1.54, 1.807) is 0 Å². The lowest BCUT2D eigenvalue weighted by Crippen LogP contribution is -2.47. The zero-order valence-electron chi connectivity index (χ0n) is 13.3. The highest BCUT2D eigenvalue weighted by Gasteiger charge is 2.36. The fourth-order valence-electron chi connectivity index (χ4n) is 3.22. The van der Waals surface area contributed by atoms with Gasteiger partial charge in [0.15, 0.2) is 0 Å². The molecule has 2 nitrogen and oxygen atoms in total. The van der Waals surface area contributed by atoms with Crippen molar-refractivity contribution in [1.82, 2.24) is 0 Å². The average molecular weight is 302 g/mol. The Bertz CT molecular complexity index is 485. The summed E-state index contributed by atoms with van der Waals surface area (Å²) in [5, 5.41) is 1.42. The van der Waals surface area contributed by atoms with Crippen LogP contribution < -0.4 is 5.19 Å². The standard InChI is InChI=1S/C18H26O2Si/c1-15(14-19)18(13-16-9-11-20-12-10-16)21(2,3)17-7-5-4-6-8-17/h4-8,13-15,18H,9-12H2,1-3H3/t15-,18-/m0/s1. The number of benzene rings is 1. The molecular weight excluding hydrogens is 276 g/mol. The van der Waals surface area contributed by atoms with Gasteiger partial charge in [-0.1, -0.05) is 67.2 Å². The summed E-state index contributed by atoms with van der Waals surface area (Å²) in [5.41, 5.74) is 1.82. The van der Waals surface area contributed by atoms with Crippen LogP contribution in [-0.2, 0) is 9.53 Å². The summed E-state index contributed by atoms with van der Waals surface area (Å²) in [7, 11) is -1.73. The van der Waals surface area contributed by atoms with Gasteiger partial charge >= 0.3 is 0 Å². The molecule has 1 aliphatic heterocycles. The van der Waals surface area contributed by atoms with E-state index in [2.05, 4.69) is 56.4 Å². The van der Waals surface area contributed by atoms with Gasteiger partial charge in [0.1, 0.15) is 6.29 Å². The molecule has 1 saturated heterocycles. The Morgan fingerprint density at radius 2 is 1.76 bits per heavy atom. The van der Waals surface area contributed by atoms with Gasteiger partial charge in [0.2, 0.25) is 0 Å². The van der Waals surface area contributed by atoms with Crippen molar-refractivity contribution in [3.63, 3.8) is 0 Å². The molecule has 2 atom stereocenters. The van der Waals surface area contributed by atoms with Crippen molar-refractivity contribution in [2.24, 2.45) is 5.92 Å². The maximum Gasteiger partial charge on any atom is 0.123 e. The number of carbonyl (C=O) groups excluding carboxylic acids is 1. The molecule has 21 heavy (non-hydrogen) atoms. The van der Waals surface area contributed by atoms with Crippen LogP contribution in [0.15, 0.2) is 42.0 Å². The van der Waals surface area contributed by atoms with Crippen LogP contribution in [0.25, 0.3) is 0 Å². The van der Waals surface area contributed by atoms with Crippen molar-refractivity contribution >= 4 is 19.5 Å². The van der Waals surface area contributed by atoms with E-state index in [1.807, 2.05) is 0 Å². The lowest BCUT2D eigenvalue weighted by Gasteiger charge is -2.34. The third kappa shape index (κ3) is 3.92. The number of hydrogen-bond donors (Lipinski definition) is 0. The van der Waals surface area contributed by atoms with E-state index in [4.69, 9.17) is 4.74 Å². The van der Waals surface area contributed by atoms with Crippen molar-refractivity contribution in [2.75, 3.05) is 13.2 Å². The molecule has 0 N–H and O–H groups in total. The summed E-state index contributed by atoms with van der Waals surface area (Å²) >= 11 is 0. The predicted octanol–water partition coefficient (Wildman–Crippen LogP) is 3.54. The van der Waals surface area contributed by atoms with Gasteiger partial charge in [-0.3, -0.25) is 0 Å². The van der Waals surface area contributed by atoms with E-state index < -0.39 is 8.07 Å². The van der Waals surface area contributed by atoms with Gasteiger partial charge < -0.3 is 9.53 Å². The Balaban J connectivity index is 2.33. The number of allylic oxidation sites excluding steroid dienone is 1. The highest BCUT2D eigenvalue weighted by Crippen LogP contribution is 2.33. The molecule has 2 rings (SSSR count). The molecule has 0 unspecified atom stereocenters. The summed E-state index contributed by atoms with van der Waals surface area (Å²) in [4.78, 5) is 11.4. The van der Waals surface area contributed by atoms with Gasteiger partial charge in [-0.25, -0.2) is 0 Å². The minimum absolute atomic E-state index is 0.0715. The SMILES string of the molecule is C[C@@H](C=O)[C@H](C=C1CCOCC1)[Si](C)(C)c1ccccc1. The van der Waals surface area contributed by atoms with Gasteiger partial charge in [0, 0.05) is 5.92 Å². The lowest BCUT2D eigenvalue weighted by atomic mass is 10.0. The first-order valence-electron chi connectivity index (χ1n) is 7.84. The van der Waals surface area contributed by atoms with Crippen LogP contribution >= 0.6 is 0 Å². The third-order valence-corrected chi connectivity index (χ3v) is 8.86. The predicted molar refractivity (Wildman–Crippen MR) is 90.7 cm³/mol. The Labute approximate surface area is 129 Å². The molecule has 1 fully saturated rings. The summed E-state index contributed by atoms with van der Waals surface area (Å²) in [5.74, 6) is 0.0715. The quantitative estimate of drug-likeness (QED) is 0.472. The Hall–Kier alpha value is -1.19. The van der Waals surface area contributed by atoms with E-state index in [9.17, 15) is 4.79 Å². The summed E-state index contributed by atoms with van der Waals surface area (Å²) in [6, 6.07) is 10.7. The molecule has 0 amide bonds. The first-order valence-corrected chi connectivity index (χ1v) is 10.9. The minimum Gasteiger partial charge on any atom is -0.381 e. The molecule has 1 aromatic rings. The molecule has 0 spiro atoms. The van der Waals surface area contributed by atoms with Crippen LogP contribution in [0.3, 0.4) is 0 Å². The van der Waals surface area contributed by atoms with Crippen LogP contribution in [0.5, 0.6) is 0 Å². The molecular formula is C18H26O2Si. The Kier molecular flexibility index (Phi) is 5.54. The molecule has 114 valence electrons. The van der Waals surface area contributed by atoms with Crippen molar-refractivity contribution in [3.05, 3.63) is 42.0 Å². The first-order chi connectivity index (χ1) is 10.1. The molecule has 0 radical (unpaired) electrons. The molecule has 1 aromatic carbocycles. The van der Waals surface area contributed by atoms with Gasteiger partial charge in [-0.15, -0.1) is 0 Å².